The highest BCUT2D eigenvalue weighted by Gasteiger charge is 2.20. The van der Waals surface area contributed by atoms with E-state index >= 15 is 0 Å². The Morgan fingerprint density at radius 3 is 2.39 bits per heavy atom. The van der Waals surface area contributed by atoms with Crippen LogP contribution in [0.3, 0.4) is 0 Å². The van der Waals surface area contributed by atoms with Crippen LogP contribution in [0.2, 0.25) is 0 Å². The molecule has 1 heterocycles. The van der Waals surface area contributed by atoms with Gasteiger partial charge >= 0.3 is 0 Å². The van der Waals surface area contributed by atoms with E-state index in [1.54, 1.807) is 30.3 Å². The SMILES string of the molecule is O=S(=O)(Nc1cccc(-c2nn[nH]n2)c1)c1cc(-c2ccccc2)ccc1F. The van der Waals surface area contributed by atoms with E-state index in [0.717, 1.165) is 11.6 Å². The fraction of sp³-hybridized carbons (Fsp3) is 0. The van der Waals surface area contributed by atoms with Gasteiger partial charge in [0.05, 0.1) is 0 Å². The maximum absolute atomic E-state index is 14.3. The van der Waals surface area contributed by atoms with Gasteiger partial charge in [0.1, 0.15) is 10.7 Å². The van der Waals surface area contributed by atoms with E-state index in [9.17, 15) is 12.8 Å². The van der Waals surface area contributed by atoms with Crippen LogP contribution in [0.15, 0.2) is 77.7 Å². The van der Waals surface area contributed by atoms with E-state index in [2.05, 4.69) is 25.3 Å². The lowest BCUT2D eigenvalue weighted by molar-refractivity contribution is 0.570. The zero-order valence-electron chi connectivity index (χ0n) is 14.4. The topological polar surface area (TPSA) is 101 Å². The molecular weight excluding hydrogens is 381 g/mol. The zero-order chi connectivity index (χ0) is 19.6. The fourth-order valence-electron chi connectivity index (χ4n) is 2.74. The number of tetrazole rings is 1. The van der Waals surface area contributed by atoms with Crippen molar-refractivity contribution in [2.75, 3.05) is 4.72 Å². The number of halogens is 1. The number of sulfonamides is 1. The van der Waals surface area contributed by atoms with Crippen molar-refractivity contribution in [1.82, 2.24) is 20.6 Å². The van der Waals surface area contributed by atoms with Crippen LogP contribution in [0.1, 0.15) is 0 Å². The highest BCUT2D eigenvalue weighted by molar-refractivity contribution is 7.92. The molecular formula is C19H14FN5O2S. The molecule has 0 saturated heterocycles. The van der Waals surface area contributed by atoms with E-state index in [0.29, 0.717) is 17.0 Å². The quantitative estimate of drug-likeness (QED) is 0.539. The van der Waals surface area contributed by atoms with Crippen LogP contribution in [0, 0.1) is 5.82 Å². The van der Waals surface area contributed by atoms with Gasteiger partial charge in [0, 0.05) is 11.3 Å². The number of hydrogen-bond acceptors (Lipinski definition) is 5. The third kappa shape index (κ3) is 3.60. The summed E-state index contributed by atoms with van der Waals surface area (Å²) in [6.45, 7) is 0. The van der Waals surface area contributed by atoms with Gasteiger partial charge in [-0.05, 0) is 40.6 Å². The summed E-state index contributed by atoms with van der Waals surface area (Å²) >= 11 is 0. The van der Waals surface area contributed by atoms with Gasteiger partial charge in [-0.1, -0.05) is 48.5 Å². The number of hydrogen-bond donors (Lipinski definition) is 2. The van der Waals surface area contributed by atoms with Crippen molar-refractivity contribution in [3.8, 4) is 22.5 Å². The van der Waals surface area contributed by atoms with E-state index in [1.165, 1.54) is 6.07 Å². The van der Waals surface area contributed by atoms with Crippen LogP contribution in [-0.2, 0) is 10.0 Å². The maximum atomic E-state index is 14.3. The number of nitrogens with one attached hydrogen (secondary N) is 2. The summed E-state index contributed by atoms with van der Waals surface area (Å²) in [6.07, 6.45) is 0. The van der Waals surface area contributed by atoms with Gasteiger partial charge < -0.3 is 0 Å². The Morgan fingerprint density at radius 1 is 0.857 bits per heavy atom. The van der Waals surface area contributed by atoms with Crippen molar-refractivity contribution in [2.24, 2.45) is 0 Å². The van der Waals surface area contributed by atoms with Gasteiger partial charge in [-0.15, -0.1) is 10.2 Å². The minimum absolute atomic E-state index is 0.256. The van der Waals surface area contributed by atoms with Crippen molar-refractivity contribution in [1.29, 1.82) is 0 Å². The molecule has 0 aliphatic rings. The normalized spacial score (nSPS) is 11.3. The van der Waals surface area contributed by atoms with Crippen molar-refractivity contribution < 1.29 is 12.8 Å². The van der Waals surface area contributed by atoms with Gasteiger partial charge in [-0.25, -0.2) is 12.8 Å². The molecule has 0 bridgehead atoms. The zero-order valence-corrected chi connectivity index (χ0v) is 15.2. The average Bonchev–Trinajstić information content (AvgIpc) is 3.24. The van der Waals surface area contributed by atoms with Gasteiger partial charge in [-0.3, -0.25) is 4.72 Å². The second-order valence-corrected chi connectivity index (χ2v) is 7.58. The van der Waals surface area contributed by atoms with Crippen molar-refractivity contribution in [3.05, 3.63) is 78.6 Å². The molecule has 3 aromatic carbocycles. The van der Waals surface area contributed by atoms with Crippen molar-refractivity contribution in [3.63, 3.8) is 0 Å². The van der Waals surface area contributed by atoms with Crippen LogP contribution in [0.5, 0.6) is 0 Å². The first kappa shape index (κ1) is 17.8. The molecule has 0 radical (unpaired) electrons. The smallest absolute Gasteiger partial charge is 0.264 e. The summed E-state index contributed by atoms with van der Waals surface area (Å²) in [5.41, 5.74) is 2.21. The summed E-state index contributed by atoms with van der Waals surface area (Å²) in [5, 5.41) is 13.5. The third-order valence-electron chi connectivity index (χ3n) is 4.05. The Bertz CT molecular complexity index is 1210. The van der Waals surface area contributed by atoms with Crippen LogP contribution in [0.25, 0.3) is 22.5 Å². The molecule has 2 N–H and O–H groups in total. The van der Waals surface area contributed by atoms with E-state index in [-0.39, 0.29) is 5.69 Å². The lowest BCUT2D eigenvalue weighted by atomic mass is 10.1. The highest BCUT2D eigenvalue weighted by Crippen LogP contribution is 2.27. The molecule has 0 saturated carbocycles. The second-order valence-electron chi connectivity index (χ2n) is 5.93. The minimum Gasteiger partial charge on any atom is -0.280 e. The van der Waals surface area contributed by atoms with E-state index in [1.807, 2.05) is 30.3 Å². The molecule has 4 aromatic rings. The largest absolute Gasteiger partial charge is 0.280 e. The number of benzene rings is 3. The standard InChI is InChI=1S/C19H14FN5O2S/c20-17-10-9-14(13-5-2-1-3-6-13)12-18(17)28(26,27)23-16-8-4-7-15(11-16)19-21-24-25-22-19/h1-12,23H,(H,21,22,24,25). The summed E-state index contributed by atoms with van der Waals surface area (Å²) < 4.78 is 42.3. The highest BCUT2D eigenvalue weighted by atomic mass is 32.2. The first-order valence-corrected chi connectivity index (χ1v) is 9.73. The van der Waals surface area contributed by atoms with Crippen molar-refractivity contribution >= 4 is 15.7 Å². The maximum Gasteiger partial charge on any atom is 0.264 e. The molecule has 0 atom stereocenters. The van der Waals surface area contributed by atoms with E-state index in [4.69, 9.17) is 0 Å². The first-order valence-electron chi connectivity index (χ1n) is 8.25. The van der Waals surface area contributed by atoms with Gasteiger partial charge in [0.15, 0.2) is 0 Å². The number of aromatic nitrogens is 4. The fourth-order valence-corrected chi connectivity index (χ4v) is 3.89. The summed E-state index contributed by atoms with van der Waals surface area (Å²) in [4.78, 5) is -0.432. The monoisotopic (exact) mass is 395 g/mol. The minimum atomic E-state index is -4.15. The third-order valence-corrected chi connectivity index (χ3v) is 5.44. The molecule has 7 nitrogen and oxygen atoms in total. The molecule has 28 heavy (non-hydrogen) atoms. The molecule has 0 aliphatic carbocycles. The molecule has 4 rings (SSSR count). The molecule has 9 heteroatoms. The van der Waals surface area contributed by atoms with Gasteiger partial charge in [0.2, 0.25) is 5.82 Å². The number of H-pyrrole nitrogens is 1. The predicted octanol–water partition coefficient (Wildman–Crippen LogP) is 3.47. The number of aromatic amines is 1. The molecule has 0 spiro atoms. The summed E-state index contributed by atoms with van der Waals surface area (Å²) in [6, 6.07) is 19.6. The van der Waals surface area contributed by atoms with Gasteiger partial charge in [-0.2, -0.15) is 5.21 Å². The molecule has 140 valence electrons. The Hall–Kier alpha value is -3.59. The van der Waals surface area contributed by atoms with E-state index < -0.39 is 20.7 Å². The summed E-state index contributed by atoms with van der Waals surface area (Å²) in [7, 11) is -4.15. The Balaban J connectivity index is 1.69. The summed E-state index contributed by atoms with van der Waals surface area (Å²) in [5.74, 6) is -0.514. The number of nitrogens with zero attached hydrogens (tertiary/aromatic N) is 3. The van der Waals surface area contributed by atoms with Crippen LogP contribution >= 0.6 is 0 Å². The van der Waals surface area contributed by atoms with Crippen LogP contribution in [-0.4, -0.2) is 29.0 Å². The number of anilines is 1. The lowest BCUT2D eigenvalue weighted by Gasteiger charge is -2.11. The Labute approximate surface area is 160 Å². The first-order chi connectivity index (χ1) is 13.5. The van der Waals surface area contributed by atoms with Crippen LogP contribution < -0.4 is 4.72 Å². The number of rotatable bonds is 5. The molecule has 1 aromatic heterocycles. The lowest BCUT2D eigenvalue weighted by Crippen LogP contribution is -2.14. The van der Waals surface area contributed by atoms with Gasteiger partial charge in [0.25, 0.3) is 10.0 Å². The average molecular weight is 395 g/mol. The van der Waals surface area contributed by atoms with Crippen LogP contribution in [0.4, 0.5) is 10.1 Å². The second kappa shape index (κ2) is 7.20. The Kier molecular flexibility index (Phi) is 4.58. The Morgan fingerprint density at radius 2 is 1.64 bits per heavy atom. The molecule has 0 amide bonds. The molecule has 0 aliphatic heterocycles. The predicted molar refractivity (Wildman–Crippen MR) is 102 cm³/mol. The molecule has 0 fully saturated rings. The molecule has 0 unspecified atom stereocenters. The van der Waals surface area contributed by atoms with Crippen molar-refractivity contribution in [2.45, 2.75) is 4.90 Å².